The van der Waals surface area contributed by atoms with Gasteiger partial charge in [-0.1, -0.05) is 13.8 Å². The van der Waals surface area contributed by atoms with E-state index in [4.69, 9.17) is 13.9 Å². The summed E-state index contributed by atoms with van der Waals surface area (Å²) in [6.45, 7) is 9.18. The third kappa shape index (κ3) is 3.83. The molecule has 2 heterocycles. The molecule has 4 heteroatoms. The minimum absolute atomic E-state index is 0.229. The average Bonchev–Trinajstić information content (AvgIpc) is 2.93. The number of furan rings is 1. The smallest absolute Gasteiger partial charge is 0.130 e. The highest BCUT2D eigenvalue weighted by Gasteiger charge is 2.17. The van der Waals surface area contributed by atoms with Gasteiger partial charge < -0.3 is 19.2 Å². The Labute approximate surface area is 109 Å². The Kier molecular flexibility index (Phi) is 4.80. The molecule has 4 nitrogen and oxygen atoms in total. The van der Waals surface area contributed by atoms with Gasteiger partial charge in [0.1, 0.15) is 18.1 Å². The highest BCUT2D eigenvalue weighted by molar-refractivity contribution is 5.20. The van der Waals surface area contributed by atoms with E-state index in [1.165, 1.54) is 5.56 Å². The summed E-state index contributed by atoms with van der Waals surface area (Å²) < 4.78 is 16.7. The first-order valence-electron chi connectivity index (χ1n) is 6.66. The van der Waals surface area contributed by atoms with Crippen molar-refractivity contribution in [3.05, 3.63) is 23.2 Å². The molecule has 1 aliphatic heterocycles. The van der Waals surface area contributed by atoms with Crippen molar-refractivity contribution in [1.82, 2.24) is 5.32 Å². The molecule has 0 aromatic carbocycles. The van der Waals surface area contributed by atoms with Gasteiger partial charge in [0, 0.05) is 24.8 Å². The molecule has 1 aromatic rings. The van der Waals surface area contributed by atoms with Crippen molar-refractivity contribution in [2.75, 3.05) is 13.2 Å². The first-order chi connectivity index (χ1) is 8.65. The SMILES string of the molecule is Cc1oc(COC2CCOC2)cc1CNC(C)C. The number of rotatable bonds is 6. The second kappa shape index (κ2) is 6.36. The highest BCUT2D eigenvalue weighted by atomic mass is 16.5. The van der Waals surface area contributed by atoms with E-state index in [0.29, 0.717) is 19.3 Å². The molecule has 1 aromatic heterocycles. The quantitative estimate of drug-likeness (QED) is 0.845. The molecule has 2 rings (SSSR count). The summed E-state index contributed by atoms with van der Waals surface area (Å²) in [4.78, 5) is 0. The molecule has 0 amide bonds. The van der Waals surface area contributed by atoms with Crippen LogP contribution in [0.3, 0.4) is 0 Å². The minimum Gasteiger partial charge on any atom is -0.464 e. The number of aryl methyl sites for hydroxylation is 1. The van der Waals surface area contributed by atoms with Crippen LogP contribution in [0.1, 0.15) is 37.4 Å². The van der Waals surface area contributed by atoms with Gasteiger partial charge in [-0.3, -0.25) is 0 Å². The van der Waals surface area contributed by atoms with E-state index in [2.05, 4.69) is 25.2 Å². The van der Waals surface area contributed by atoms with Crippen molar-refractivity contribution in [3.63, 3.8) is 0 Å². The lowest BCUT2D eigenvalue weighted by molar-refractivity contribution is 0.0232. The van der Waals surface area contributed by atoms with Crippen molar-refractivity contribution >= 4 is 0 Å². The average molecular weight is 253 g/mol. The maximum atomic E-state index is 5.74. The fourth-order valence-corrected chi connectivity index (χ4v) is 1.99. The first kappa shape index (κ1) is 13.6. The Bertz CT molecular complexity index is 367. The monoisotopic (exact) mass is 253 g/mol. The molecule has 1 unspecified atom stereocenters. The van der Waals surface area contributed by atoms with Crippen molar-refractivity contribution < 1.29 is 13.9 Å². The molecule has 0 spiro atoms. The van der Waals surface area contributed by atoms with Crippen molar-refractivity contribution in [2.45, 2.75) is 52.5 Å². The van der Waals surface area contributed by atoms with Crippen molar-refractivity contribution in [1.29, 1.82) is 0 Å². The minimum atomic E-state index is 0.229. The topological polar surface area (TPSA) is 43.6 Å². The molecule has 1 saturated heterocycles. The van der Waals surface area contributed by atoms with Crippen LogP contribution in [0.15, 0.2) is 10.5 Å². The fourth-order valence-electron chi connectivity index (χ4n) is 1.99. The van der Waals surface area contributed by atoms with Gasteiger partial charge in [0.05, 0.1) is 12.7 Å². The third-order valence-electron chi connectivity index (χ3n) is 3.12. The normalized spacial score (nSPS) is 19.9. The molecule has 1 N–H and O–H groups in total. The van der Waals surface area contributed by atoms with Crippen LogP contribution in [-0.2, 0) is 22.6 Å². The van der Waals surface area contributed by atoms with E-state index < -0.39 is 0 Å². The van der Waals surface area contributed by atoms with Gasteiger partial charge >= 0.3 is 0 Å². The molecule has 0 saturated carbocycles. The molecule has 0 aliphatic carbocycles. The third-order valence-corrected chi connectivity index (χ3v) is 3.12. The second-order valence-electron chi connectivity index (χ2n) is 5.13. The fraction of sp³-hybridized carbons (Fsp3) is 0.714. The summed E-state index contributed by atoms with van der Waals surface area (Å²) in [5.41, 5.74) is 1.21. The summed E-state index contributed by atoms with van der Waals surface area (Å²) in [5.74, 6) is 1.88. The molecule has 18 heavy (non-hydrogen) atoms. The van der Waals surface area contributed by atoms with Gasteiger partial charge in [-0.25, -0.2) is 0 Å². The Morgan fingerprint density at radius 3 is 3.00 bits per heavy atom. The standard InChI is InChI=1S/C14H23NO3/c1-10(2)15-7-12-6-14(18-11(12)3)9-17-13-4-5-16-8-13/h6,10,13,15H,4-5,7-9H2,1-3H3. The van der Waals surface area contributed by atoms with E-state index in [-0.39, 0.29) is 6.10 Å². The van der Waals surface area contributed by atoms with E-state index in [1.54, 1.807) is 0 Å². The summed E-state index contributed by atoms with van der Waals surface area (Å²) >= 11 is 0. The maximum Gasteiger partial charge on any atom is 0.130 e. The van der Waals surface area contributed by atoms with Crippen LogP contribution >= 0.6 is 0 Å². The first-order valence-corrected chi connectivity index (χ1v) is 6.66. The van der Waals surface area contributed by atoms with Crippen LogP contribution < -0.4 is 5.32 Å². The molecule has 102 valence electrons. The number of nitrogens with one attached hydrogen (secondary N) is 1. The molecular formula is C14H23NO3. The zero-order valence-corrected chi connectivity index (χ0v) is 11.5. The van der Waals surface area contributed by atoms with Crippen LogP contribution in [0.5, 0.6) is 0 Å². The zero-order valence-electron chi connectivity index (χ0n) is 11.5. The lowest BCUT2D eigenvalue weighted by atomic mass is 10.2. The second-order valence-corrected chi connectivity index (χ2v) is 5.13. The Morgan fingerprint density at radius 2 is 2.33 bits per heavy atom. The van der Waals surface area contributed by atoms with E-state index in [9.17, 15) is 0 Å². The predicted molar refractivity (Wildman–Crippen MR) is 69.4 cm³/mol. The summed E-state index contributed by atoms with van der Waals surface area (Å²) in [6, 6.07) is 2.56. The van der Waals surface area contributed by atoms with Gasteiger partial charge in [0.15, 0.2) is 0 Å². The van der Waals surface area contributed by atoms with Crippen LogP contribution in [0.2, 0.25) is 0 Å². The molecule has 1 aliphatic rings. The molecule has 1 fully saturated rings. The Hall–Kier alpha value is -0.840. The summed E-state index contributed by atoms with van der Waals surface area (Å²) in [5, 5.41) is 3.39. The van der Waals surface area contributed by atoms with E-state index in [0.717, 1.165) is 31.1 Å². The van der Waals surface area contributed by atoms with Crippen LogP contribution in [0, 0.1) is 6.92 Å². The van der Waals surface area contributed by atoms with Gasteiger partial charge in [0.2, 0.25) is 0 Å². The van der Waals surface area contributed by atoms with E-state index in [1.807, 2.05) is 6.92 Å². The zero-order chi connectivity index (χ0) is 13.0. The molecular weight excluding hydrogens is 230 g/mol. The lowest BCUT2D eigenvalue weighted by Crippen LogP contribution is -2.21. The van der Waals surface area contributed by atoms with Gasteiger partial charge in [-0.15, -0.1) is 0 Å². The van der Waals surface area contributed by atoms with Crippen LogP contribution in [0.4, 0.5) is 0 Å². The molecule has 1 atom stereocenters. The highest BCUT2D eigenvalue weighted by Crippen LogP contribution is 2.17. The largest absolute Gasteiger partial charge is 0.464 e. The molecule has 0 bridgehead atoms. The summed E-state index contributed by atoms with van der Waals surface area (Å²) in [6.07, 6.45) is 1.22. The van der Waals surface area contributed by atoms with Crippen molar-refractivity contribution in [3.8, 4) is 0 Å². The lowest BCUT2D eigenvalue weighted by Gasteiger charge is -2.07. The Balaban J connectivity index is 1.83. The number of ether oxygens (including phenoxy) is 2. The van der Waals surface area contributed by atoms with Gasteiger partial charge in [0.25, 0.3) is 0 Å². The number of hydrogen-bond acceptors (Lipinski definition) is 4. The maximum absolute atomic E-state index is 5.74. The number of hydrogen-bond donors (Lipinski definition) is 1. The van der Waals surface area contributed by atoms with Crippen LogP contribution in [-0.4, -0.2) is 25.4 Å². The molecule has 0 radical (unpaired) electrons. The van der Waals surface area contributed by atoms with Gasteiger partial charge in [-0.2, -0.15) is 0 Å². The van der Waals surface area contributed by atoms with Crippen LogP contribution in [0.25, 0.3) is 0 Å². The van der Waals surface area contributed by atoms with Gasteiger partial charge in [-0.05, 0) is 19.4 Å². The Morgan fingerprint density at radius 1 is 1.50 bits per heavy atom. The van der Waals surface area contributed by atoms with E-state index >= 15 is 0 Å². The van der Waals surface area contributed by atoms with Crippen molar-refractivity contribution in [2.24, 2.45) is 0 Å². The predicted octanol–water partition coefficient (Wildman–Crippen LogP) is 2.39. The summed E-state index contributed by atoms with van der Waals surface area (Å²) in [7, 11) is 0.